The van der Waals surface area contributed by atoms with E-state index in [1.54, 1.807) is 24.3 Å². The molecule has 0 spiro atoms. The molecule has 2 aromatic carbocycles. The van der Waals surface area contributed by atoms with Crippen molar-refractivity contribution in [2.24, 2.45) is 0 Å². The van der Waals surface area contributed by atoms with E-state index in [9.17, 15) is 15.4 Å². The van der Waals surface area contributed by atoms with Gasteiger partial charge in [0.05, 0.1) is 27.8 Å². The van der Waals surface area contributed by atoms with Crippen molar-refractivity contribution in [1.29, 1.82) is 10.7 Å². The van der Waals surface area contributed by atoms with Crippen LogP contribution in [0.2, 0.25) is 0 Å². The lowest BCUT2D eigenvalue weighted by Gasteiger charge is -2.14. The minimum atomic E-state index is -0.459. The summed E-state index contributed by atoms with van der Waals surface area (Å²) >= 11 is 0. The van der Waals surface area contributed by atoms with Gasteiger partial charge in [-0.1, -0.05) is 24.3 Å². The number of nitro benzene ring substituents is 1. The molecule has 1 heterocycles. The number of nitriles is 1. The van der Waals surface area contributed by atoms with Crippen molar-refractivity contribution in [3.05, 3.63) is 74.8 Å². The molecule has 9 nitrogen and oxygen atoms in total. The Morgan fingerprint density at radius 3 is 2.62 bits per heavy atom. The van der Waals surface area contributed by atoms with Crippen molar-refractivity contribution in [3.63, 3.8) is 0 Å². The summed E-state index contributed by atoms with van der Waals surface area (Å²) in [5, 5.41) is 31.0. The van der Waals surface area contributed by atoms with Gasteiger partial charge in [0.2, 0.25) is 5.95 Å². The first-order chi connectivity index (χ1) is 13.9. The number of nitrogens with zero attached hydrogens (tertiary/aromatic N) is 4. The molecular weight excluding hydrogens is 370 g/mol. The van der Waals surface area contributed by atoms with Gasteiger partial charge < -0.3 is 16.5 Å². The van der Waals surface area contributed by atoms with E-state index >= 15 is 0 Å². The second-order valence-electron chi connectivity index (χ2n) is 6.20. The lowest BCUT2D eigenvalue weighted by molar-refractivity contribution is -0.384. The highest BCUT2D eigenvalue weighted by atomic mass is 16.6. The van der Waals surface area contributed by atoms with Crippen molar-refractivity contribution in [1.82, 2.24) is 9.97 Å². The van der Waals surface area contributed by atoms with Gasteiger partial charge in [-0.2, -0.15) is 10.2 Å². The molecule has 0 unspecified atom stereocenters. The van der Waals surface area contributed by atoms with Crippen LogP contribution in [0.4, 0.5) is 17.5 Å². The predicted molar refractivity (Wildman–Crippen MR) is 110 cm³/mol. The van der Waals surface area contributed by atoms with Crippen LogP contribution < -0.4 is 11.1 Å². The van der Waals surface area contributed by atoms with Gasteiger partial charge in [-0.15, -0.1) is 0 Å². The summed E-state index contributed by atoms with van der Waals surface area (Å²) in [6, 6.07) is 13.5. The molecule has 0 atom stereocenters. The lowest BCUT2D eigenvalue weighted by atomic mass is 9.98. The highest BCUT2D eigenvalue weighted by Crippen LogP contribution is 2.30. The van der Waals surface area contributed by atoms with Crippen molar-refractivity contribution >= 4 is 23.7 Å². The molecule has 0 radical (unpaired) electrons. The van der Waals surface area contributed by atoms with Gasteiger partial charge in [0.1, 0.15) is 5.82 Å². The number of nitrogens with one attached hydrogen (secondary N) is 2. The highest BCUT2D eigenvalue weighted by molar-refractivity contribution is 5.94. The number of hydrogen-bond acceptors (Lipinski definition) is 8. The number of rotatable bonds is 6. The van der Waals surface area contributed by atoms with Crippen LogP contribution in [0.5, 0.6) is 0 Å². The van der Waals surface area contributed by atoms with E-state index in [1.807, 2.05) is 13.0 Å². The molecule has 0 saturated heterocycles. The number of hydrogen-bond donors (Lipinski definition) is 3. The third-order valence-corrected chi connectivity index (χ3v) is 4.42. The van der Waals surface area contributed by atoms with Gasteiger partial charge in [-0.3, -0.25) is 10.1 Å². The Hall–Kier alpha value is -4.32. The molecule has 3 rings (SSSR count). The molecule has 9 heteroatoms. The van der Waals surface area contributed by atoms with Gasteiger partial charge in [0, 0.05) is 30.5 Å². The highest BCUT2D eigenvalue weighted by Gasteiger charge is 2.16. The van der Waals surface area contributed by atoms with E-state index in [0.717, 1.165) is 17.3 Å². The lowest BCUT2D eigenvalue weighted by Crippen LogP contribution is -2.10. The van der Waals surface area contributed by atoms with E-state index in [0.29, 0.717) is 34.7 Å². The first-order valence-electron chi connectivity index (χ1n) is 8.60. The predicted octanol–water partition coefficient (Wildman–Crippen LogP) is 3.42. The van der Waals surface area contributed by atoms with Gasteiger partial charge in [-0.05, 0) is 24.1 Å². The molecule has 4 N–H and O–H groups in total. The zero-order valence-corrected chi connectivity index (χ0v) is 15.5. The summed E-state index contributed by atoms with van der Waals surface area (Å²) in [7, 11) is 0. The van der Waals surface area contributed by atoms with Gasteiger partial charge in [-0.25, -0.2) is 4.98 Å². The molecule has 1 aromatic heterocycles. The van der Waals surface area contributed by atoms with E-state index < -0.39 is 4.92 Å². The Kier molecular flexibility index (Phi) is 5.46. The number of nitrogens with two attached hydrogens (primary N) is 1. The number of benzene rings is 2. The molecule has 144 valence electrons. The molecule has 29 heavy (non-hydrogen) atoms. The Morgan fingerprint density at radius 1 is 1.28 bits per heavy atom. The topological polar surface area (TPSA) is 155 Å². The number of nitro groups is 1. The maximum absolute atomic E-state index is 10.8. The van der Waals surface area contributed by atoms with Crippen LogP contribution in [-0.2, 0) is 6.54 Å². The normalized spacial score (nSPS) is 10.2. The monoisotopic (exact) mass is 387 g/mol. The molecule has 3 aromatic rings. The minimum absolute atomic E-state index is 0.00958. The molecular formula is C20H17N7O2. The third-order valence-electron chi connectivity index (χ3n) is 4.42. The number of nitrogen functional groups attached to an aromatic ring is 1. The molecule has 0 aliphatic rings. The Morgan fingerprint density at radius 2 is 2.00 bits per heavy atom. The average Bonchev–Trinajstić information content (AvgIpc) is 2.72. The van der Waals surface area contributed by atoms with Crippen LogP contribution in [0.25, 0.3) is 11.3 Å². The molecule has 0 fully saturated rings. The largest absolute Gasteiger partial charge is 0.368 e. The summed E-state index contributed by atoms with van der Waals surface area (Å²) in [6.45, 7) is 2.13. The van der Waals surface area contributed by atoms with Crippen LogP contribution in [0.1, 0.15) is 22.3 Å². The zero-order valence-electron chi connectivity index (χ0n) is 15.5. The van der Waals surface area contributed by atoms with Crippen molar-refractivity contribution in [3.8, 4) is 17.3 Å². The first kappa shape index (κ1) is 19.4. The number of non-ortho nitro benzene ring substituents is 1. The maximum Gasteiger partial charge on any atom is 0.269 e. The average molecular weight is 387 g/mol. The van der Waals surface area contributed by atoms with E-state index in [-0.39, 0.29) is 11.6 Å². The summed E-state index contributed by atoms with van der Waals surface area (Å²) in [4.78, 5) is 18.8. The van der Waals surface area contributed by atoms with E-state index in [2.05, 4.69) is 21.4 Å². The Balaban J connectivity index is 1.97. The Labute approximate surface area is 166 Å². The second-order valence-corrected chi connectivity index (χ2v) is 6.20. The summed E-state index contributed by atoms with van der Waals surface area (Å²) in [5.74, 6) is 0.390. The number of aromatic nitrogens is 2. The molecule has 0 saturated carbocycles. The second kappa shape index (κ2) is 8.14. The summed E-state index contributed by atoms with van der Waals surface area (Å²) in [5.41, 5.74) is 9.51. The van der Waals surface area contributed by atoms with Crippen LogP contribution in [0, 0.1) is 33.8 Å². The maximum atomic E-state index is 10.8. The van der Waals surface area contributed by atoms with E-state index in [4.69, 9.17) is 11.1 Å². The SMILES string of the molecule is Cc1c(C#N)cccc1-c1nc(N)nc(NCc2ccc([N+](=O)[O-])cc2)c1C=N. The van der Waals surface area contributed by atoms with Crippen molar-refractivity contribution in [2.45, 2.75) is 13.5 Å². The van der Waals surface area contributed by atoms with Crippen LogP contribution in [0.3, 0.4) is 0 Å². The quantitative estimate of drug-likeness (QED) is 0.332. The summed E-state index contributed by atoms with van der Waals surface area (Å²) < 4.78 is 0. The fraction of sp³-hybridized carbons (Fsp3) is 0.100. The standard InChI is InChI=1S/C20H17N7O2/c1-12-14(9-21)3-2-4-16(12)18-17(10-22)19(26-20(23)25-18)24-11-13-5-7-15(8-6-13)27(28)29/h2-8,10,22H,11H2,1H3,(H3,23,24,25,26). The number of anilines is 2. The smallest absolute Gasteiger partial charge is 0.269 e. The van der Waals surface area contributed by atoms with Crippen molar-refractivity contribution in [2.75, 3.05) is 11.1 Å². The first-order valence-corrected chi connectivity index (χ1v) is 8.60. The fourth-order valence-corrected chi connectivity index (χ4v) is 2.90. The van der Waals surface area contributed by atoms with Crippen molar-refractivity contribution < 1.29 is 4.92 Å². The third kappa shape index (κ3) is 4.01. The molecule has 0 aliphatic carbocycles. The molecule has 0 bridgehead atoms. The van der Waals surface area contributed by atoms with Gasteiger partial charge in [0.25, 0.3) is 5.69 Å². The molecule has 0 amide bonds. The van der Waals surface area contributed by atoms with Gasteiger partial charge >= 0.3 is 0 Å². The minimum Gasteiger partial charge on any atom is -0.368 e. The van der Waals surface area contributed by atoms with Crippen LogP contribution in [0.15, 0.2) is 42.5 Å². The fourth-order valence-electron chi connectivity index (χ4n) is 2.90. The summed E-state index contributed by atoms with van der Waals surface area (Å²) in [6.07, 6.45) is 1.13. The van der Waals surface area contributed by atoms with Gasteiger partial charge in [0.15, 0.2) is 0 Å². The van der Waals surface area contributed by atoms with Crippen LogP contribution >= 0.6 is 0 Å². The van der Waals surface area contributed by atoms with Crippen LogP contribution in [-0.4, -0.2) is 21.1 Å². The van der Waals surface area contributed by atoms with E-state index in [1.165, 1.54) is 12.1 Å². The Bertz CT molecular complexity index is 1130. The molecule has 0 aliphatic heterocycles. The zero-order chi connectivity index (χ0) is 21.0.